The Morgan fingerprint density at radius 3 is 0.941 bits per heavy atom. The van der Waals surface area contributed by atoms with Crippen LogP contribution in [0.15, 0.2) is 24.3 Å². The Morgan fingerprint density at radius 1 is 0.706 bits per heavy atom. The summed E-state index contributed by atoms with van der Waals surface area (Å²) in [5.74, 6) is 0. The molecule has 0 aromatic heterocycles. The molecule has 0 saturated heterocycles. The summed E-state index contributed by atoms with van der Waals surface area (Å²) in [5, 5.41) is 16.2. The fourth-order valence-corrected chi connectivity index (χ4v) is 0.637. The molecule has 1 rings (SSSR count). The zero-order valence-corrected chi connectivity index (χ0v) is 9.53. The van der Waals surface area contributed by atoms with Crippen LogP contribution in [0.2, 0.25) is 0 Å². The molecule has 1 aromatic carbocycles. The monoisotopic (exact) mass is 235 g/mol. The van der Waals surface area contributed by atoms with Gasteiger partial charge in [0.05, 0.1) is 0 Å². The lowest BCUT2D eigenvalue weighted by molar-refractivity contribution is 0.562. The van der Waals surface area contributed by atoms with Crippen LogP contribution in [-0.4, -0.2) is 18.2 Å². The molecule has 0 atom stereocenters. The SMILES string of the molecule is Cc1ccc(C)cc1.N=C=O.N=C=O.N=C=O. The van der Waals surface area contributed by atoms with Gasteiger partial charge in [0.15, 0.2) is 0 Å². The highest BCUT2D eigenvalue weighted by Gasteiger charge is 1.79. The largest absolute Gasteiger partial charge is 0.231 e. The van der Waals surface area contributed by atoms with Gasteiger partial charge in [-0.05, 0) is 13.8 Å². The average Bonchev–Trinajstić information content (AvgIpc) is 2.26. The summed E-state index contributed by atoms with van der Waals surface area (Å²) >= 11 is 0. The minimum absolute atomic E-state index is 0.750. The van der Waals surface area contributed by atoms with Crippen molar-refractivity contribution in [2.45, 2.75) is 13.8 Å². The van der Waals surface area contributed by atoms with E-state index in [1.807, 2.05) is 0 Å². The van der Waals surface area contributed by atoms with E-state index < -0.39 is 0 Å². The first kappa shape index (κ1) is 19.9. The number of hydrogen-bond acceptors (Lipinski definition) is 6. The molecule has 6 heteroatoms. The van der Waals surface area contributed by atoms with Crippen molar-refractivity contribution in [2.75, 3.05) is 0 Å². The van der Waals surface area contributed by atoms with Crippen molar-refractivity contribution in [2.24, 2.45) is 0 Å². The highest BCUT2D eigenvalue weighted by Crippen LogP contribution is 1.99. The lowest BCUT2D eigenvalue weighted by Gasteiger charge is -1.90. The molecule has 0 aliphatic heterocycles. The highest BCUT2D eigenvalue weighted by atomic mass is 16.1. The quantitative estimate of drug-likeness (QED) is 0.470. The zero-order valence-electron chi connectivity index (χ0n) is 9.53. The van der Waals surface area contributed by atoms with E-state index in [-0.39, 0.29) is 0 Å². The number of carbonyl (C=O) groups excluding carboxylic acids is 3. The second-order valence-corrected chi connectivity index (χ2v) is 2.46. The van der Waals surface area contributed by atoms with Crippen molar-refractivity contribution < 1.29 is 14.4 Å². The topological polar surface area (TPSA) is 123 Å². The van der Waals surface area contributed by atoms with Crippen molar-refractivity contribution >= 4 is 18.2 Å². The molecule has 3 N–H and O–H groups in total. The van der Waals surface area contributed by atoms with E-state index in [0.717, 1.165) is 18.2 Å². The van der Waals surface area contributed by atoms with Crippen molar-refractivity contribution in [3.8, 4) is 0 Å². The molecule has 0 saturated carbocycles. The van der Waals surface area contributed by atoms with E-state index in [1.165, 1.54) is 11.1 Å². The summed E-state index contributed by atoms with van der Waals surface area (Å²) in [6.07, 6.45) is 2.25. The van der Waals surface area contributed by atoms with Gasteiger partial charge in [-0.3, -0.25) is 0 Å². The zero-order chi connectivity index (χ0) is 14.1. The second-order valence-electron chi connectivity index (χ2n) is 2.46. The standard InChI is InChI=1S/C8H10.3CHNO/c1-7-3-5-8(2)6-4-7;3*2-1-3/h3-6H,1-2H3;3*2H. The third-order valence-electron chi connectivity index (χ3n) is 1.22. The molecule has 17 heavy (non-hydrogen) atoms. The van der Waals surface area contributed by atoms with Crippen LogP contribution in [0.4, 0.5) is 0 Å². The molecular formula is C11H13N3O3. The summed E-state index contributed by atoms with van der Waals surface area (Å²) in [5.41, 5.74) is 2.66. The third-order valence-corrected chi connectivity index (χ3v) is 1.22. The summed E-state index contributed by atoms with van der Waals surface area (Å²) in [6, 6.07) is 8.48. The summed E-state index contributed by atoms with van der Waals surface area (Å²) in [6.45, 7) is 4.19. The van der Waals surface area contributed by atoms with Crippen LogP contribution in [0, 0.1) is 30.1 Å². The van der Waals surface area contributed by atoms with Gasteiger partial charge in [0, 0.05) is 0 Å². The highest BCUT2D eigenvalue weighted by molar-refractivity contribution is 5.26. The maximum atomic E-state index is 8.35. The first-order chi connectivity index (χ1) is 8.03. The predicted molar refractivity (Wildman–Crippen MR) is 61.2 cm³/mol. The molecule has 0 unspecified atom stereocenters. The van der Waals surface area contributed by atoms with Crippen LogP contribution in [0.1, 0.15) is 11.1 Å². The molecule has 6 nitrogen and oxygen atoms in total. The predicted octanol–water partition coefficient (Wildman–Crippen LogP) is 2.01. The molecule has 90 valence electrons. The van der Waals surface area contributed by atoms with Crippen molar-refractivity contribution in [1.29, 1.82) is 16.2 Å². The van der Waals surface area contributed by atoms with E-state index in [0.29, 0.717) is 0 Å². The molecule has 0 heterocycles. The lowest BCUT2D eigenvalue weighted by Crippen LogP contribution is -1.70. The Bertz CT molecular complexity index is 331. The smallest absolute Gasteiger partial charge is 0.222 e. The average molecular weight is 235 g/mol. The molecule has 0 aliphatic rings. The minimum atomic E-state index is 0.750. The third kappa shape index (κ3) is 31.8. The minimum Gasteiger partial charge on any atom is -0.222 e. The number of nitrogens with one attached hydrogen (secondary N) is 3. The van der Waals surface area contributed by atoms with Crippen LogP contribution < -0.4 is 0 Å². The van der Waals surface area contributed by atoms with Gasteiger partial charge in [0.2, 0.25) is 18.2 Å². The molecule has 0 bridgehead atoms. The van der Waals surface area contributed by atoms with E-state index in [4.69, 9.17) is 30.6 Å². The summed E-state index contributed by atoms with van der Waals surface area (Å²) < 4.78 is 0. The number of benzene rings is 1. The Hall–Kier alpha value is -2.64. The van der Waals surface area contributed by atoms with Gasteiger partial charge >= 0.3 is 0 Å². The molecule has 0 aliphatic carbocycles. The van der Waals surface area contributed by atoms with E-state index in [1.54, 1.807) is 0 Å². The van der Waals surface area contributed by atoms with Crippen LogP contribution in [0.5, 0.6) is 0 Å². The van der Waals surface area contributed by atoms with E-state index in [2.05, 4.69) is 38.1 Å². The van der Waals surface area contributed by atoms with Gasteiger partial charge < -0.3 is 0 Å². The molecular weight excluding hydrogens is 222 g/mol. The van der Waals surface area contributed by atoms with Crippen LogP contribution in [-0.2, 0) is 14.4 Å². The Balaban J connectivity index is -0.000000184. The van der Waals surface area contributed by atoms with E-state index >= 15 is 0 Å². The van der Waals surface area contributed by atoms with Gasteiger partial charge in [-0.2, -0.15) is 0 Å². The van der Waals surface area contributed by atoms with Crippen molar-refractivity contribution in [3.63, 3.8) is 0 Å². The van der Waals surface area contributed by atoms with Gasteiger partial charge in [0.25, 0.3) is 0 Å². The van der Waals surface area contributed by atoms with Gasteiger partial charge in [-0.25, -0.2) is 30.6 Å². The first-order valence-electron chi connectivity index (χ1n) is 4.18. The van der Waals surface area contributed by atoms with Crippen LogP contribution in [0.3, 0.4) is 0 Å². The molecule has 0 amide bonds. The first-order valence-corrected chi connectivity index (χ1v) is 4.18. The van der Waals surface area contributed by atoms with Crippen molar-refractivity contribution in [3.05, 3.63) is 35.4 Å². The van der Waals surface area contributed by atoms with Crippen LogP contribution in [0.25, 0.3) is 0 Å². The van der Waals surface area contributed by atoms with E-state index in [9.17, 15) is 0 Å². The molecule has 0 fully saturated rings. The second kappa shape index (κ2) is 19.0. The number of isocyanates is 3. The molecule has 1 aromatic rings. The molecule has 0 radical (unpaired) electrons. The maximum absolute atomic E-state index is 8.35. The number of hydrogen-bond donors (Lipinski definition) is 3. The number of rotatable bonds is 0. The fourth-order valence-electron chi connectivity index (χ4n) is 0.637. The maximum Gasteiger partial charge on any atom is 0.231 e. The normalized spacial score (nSPS) is 5.76. The van der Waals surface area contributed by atoms with Gasteiger partial charge in [0.1, 0.15) is 0 Å². The van der Waals surface area contributed by atoms with Gasteiger partial charge in [-0.1, -0.05) is 35.4 Å². The van der Waals surface area contributed by atoms with Crippen LogP contribution >= 0.6 is 0 Å². The molecule has 0 spiro atoms. The summed E-state index contributed by atoms with van der Waals surface area (Å²) in [7, 11) is 0. The van der Waals surface area contributed by atoms with Crippen molar-refractivity contribution in [1.82, 2.24) is 0 Å². The number of aryl methyl sites for hydroxylation is 2. The Labute approximate surface area is 98.8 Å². The fraction of sp³-hybridized carbons (Fsp3) is 0.182. The Kier molecular flexibility index (Phi) is 22.2. The van der Waals surface area contributed by atoms with Gasteiger partial charge in [-0.15, -0.1) is 0 Å². The lowest BCUT2D eigenvalue weighted by atomic mass is 10.2. The summed E-state index contributed by atoms with van der Waals surface area (Å²) in [4.78, 5) is 25.0. The Morgan fingerprint density at radius 2 is 0.824 bits per heavy atom.